The molecule has 5 rings (SSSR count). The lowest BCUT2D eigenvalue weighted by Gasteiger charge is -2.02. The summed E-state index contributed by atoms with van der Waals surface area (Å²) in [6.45, 7) is 0. The molecule has 0 aliphatic heterocycles. The predicted octanol–water partition coefficient (Wildman–Crippen LogP) is 5.21. The first-order valence-electron chi connectivity index (χ1n) is 9.72. The molecule has 0 amide bonds. The van der Waals surface area contributed by atoms with Gasteiger partial charge in [0.05, 0.1) is 27.5 Å². The number of hydrogen-bond donors (Lipinski definition) is 3. The second-order valence-electron chi connectivity index (χ2n) is 6.52. The number of halogens is 1. The van der Waals surface area contributed by atoms with Crippen molar-refractivity contribution in [3.05, 3.63) is 91.1 Å². The largest absolute Gasteiger partial charge is 0.569 e. The van der Waals surface area contributed by atoms with Crippen molar-refractivity contribution in [3.63, 3.8) is 0 Å². The van der Waals surface area contributed by atoms with E-state index in [0.717, 1.165) is 24.8 Å². The van der Waals surface area contributed by atoms with Crippen molar-refractivity contribution in [3.8, 4) is 5.75 Å². The number of anilines is 1. The number of esters is 1. The summed E-state index contributed by atoms with van der Waals surface area (Å²) in [5, 5.41) is 13.9. The highest BCUT2D eigenvalue weighted by Crippen LogP contribution is 2.25. The van der Waals surface area contributed by atoms with Crippen LogP contribution in [-0.4, -0.2) is 30.8 Å². The molecule has 3 heterocycles. The third-order valence-electron chi connectivity index (χ3n) is 4.45. The lowest BCUT2D eigenvalue weighted by Crippen LogP contribution is -2.04. The van der Waals surface area contributed by atoms with Gasteiger partial charge in [0.15, 0.2) is 0 Å². The molecule has 2 aromatic carbocycles. The number of methoxy groups -OCH3 is 1. The Labute approximate surface area is 212 Å². The van der Waals surface area contributed by atoms with Crippen molar-refractivity contribution in [2.24, 2.45) is 0 Å². The fourth-order valence-corrected chi connectivity index (χ4v) is 5.02. The third kappa shape index (κ3) is 6.26. The van der Waals surface area contributed by atoms with Crippen LogP contribution in [0.3, 0.4) is 0 Å². The van der Waals surface area contributed by atoms with Gasteiger partial charge in [-0.25, -0.2) is 4.79 Å². The molecular weight excluding hydrogens is 539 g/mol. The molecule has 0 unspecified atom stereocenters. The van der Waals surface area contributed by atoms with E-state index in [-0.39, 0.29) is 11.5 Å². The summed E-state index contributed by atoms with van der Waals surface area (Å²) in [5.41, 5.74) is 7.46. The molecule has 0 spiro atoms. The van der Waals surface area contributed by atoms with Gasteiger partial charge in [-0.3, -0.25) is 4.79 Å². The van der Waals surface area contributed by atoms with Gasteiger partial charge in [-0.05, 0) is 57.0 Å². The number of benzene rings is 2. The van der Waals surface area contributed by atoms with Crippen molar-refractivity contribution < 1.29 is 19.2 Å². The maximum atomic E-state index is 11.6. The lowest BCUT2D eigenvalue weighted by molar-refractivity contribution is 0.0600. The molecule has 173 valence electrons. The highest BCUT2D eigenvalue weighted by Gasteiger charge is 2.09. The van der Waals surface area contributed by atoms with Crippen molar-refractivity contribution in [1.82, 2.24) is 4.98 Å². The number of fused-ring (bicyclic) bond motifs is 3. The van der Waals surface area contributed by atoms with Gasteiger partial charge in [-0.2, -0.15) is 0 Å². The monoisotopic (exact) mass is 557 g/mol. The maximum Gasteiger partial charge on any atom is 0.569 e. The summed E-state index contributed by atoms with van der Waals surface area (Å²) in [6.07, 6.45) is 0. The number of carbonyl (C=O) groups is 1. The number of aromatic nitrogens is 1. The van der Waals surface area contributed by atoms with Crippen LogP contribution in [0.4, 0.5) is 5.69 Å². The van der Waals surface area contributed by atoms with Gasteiger partial charge in [0, 0.05) is 15.6 Å². The van der Waals surface area contributed by atoms with Crippen LogP contribution in [0.1, 0.15) is 10.4 Å². The van der Waals surface area contributed by atoms with Crippen molar-refractivity contribution in [2.45, 2.75) is 0 Å². The average molecular weight is 558 g/mol. The van der Waals surface area contributed by atoms with E-state index < -0.39 is 0 Å². The first kappa shape index (κ1) is 25.5. The molecule has 0 saturated heterocycles. The van der Waals surface area contributed by atoms with Crippen LogP contribution in [0.25, 0.3) is 21.0 Å². The van der Waals surface area contributed by atoms with Crippen LogP contribution in [-0.2, 0) is 4.74 Å². The molecule has 0 fully saturated rings. The predicted molar refractivity (Wildman–Crippen MR) is 143 cm³/mol. The molecule has 5 aromatic rings. The summed E-state index contributed by atoms with van der Waals surface area (Å²) < 4.78 is 11.0. The number of nitrogen functional groups attached to an aromatic ring is 1. The maximum absolute atomic E-state index is 11.6. The second-order valence-corrected chi connectivity index (χ2v) is 9.67. The fourth-order valence-electron chi connectivity index (χ4n) is 2.87. The van der Waals surface area contributed by atoms with E-state index in [9.17, 15) is 9.59 Å². The van der Waals surface area contributed by atoms with E-state index in [0.29, 0.717) is 24.7 Å². The Bertz CT molecular complexity index is 1450. The van der Waals surface area contributed by atoms with Crippen LogP contribution in [0.5, 0.6) is 5.75 Å². The summed E-state index contributed by atoms with van der Waals surface area (Å²) in [7, 11) is 1.97. The van der Waals surface area contributed by atoms with E-state index in [1.54, 1.807) is 41.7 Å². The zero-order valence-electron chi connectivity index (χ0n) is 17.9. The molecule has 0 saturated carbocycles. The summed E-state index contributed by atoms with van der Waals surface area (Å²) in [4.78, 5) is 25.3. The Morgan fingerprint density at radius 2 is 1.74 bits per heavy atom. The number of H-pyrrole nitrogens is 1. The van der Waals surface area contributed by atoms with Crippen molar-refractivity contribution >= 4 is 78.9 Å². The molecule has 11 heteroatoms. The molecule has 0 atom stereocenters. The summed E-state index contributed by atoms with van der Waals surface area (Å²) in [6, 6.07) is 18.4. The quantitative estimate of drug-likeness (QED) is 0.159. The normalized spacial score (nSPS) is 9.97. The molecule has 4 N–H and O–H groups in total. The molecule has 3 aromatic heterocycles. The van der Waals surface area contributed by atoms with Crippen LogP contribution in [0, 0.1) is 0 Å². The third-order valence-corrected chi connectivity index (χ3v) is 7.09. The number of nitrogens with one attached hydrogen (secondary N) is 1. The van der Waals surface area contributed by atoms with Crippen LogP contribution < -0.4 is 15.9 Å². The number of hydrogen-bond acceptors (Lipinski definition) is 8. The SMILES string of the molecule is COC(=O)c1ccsc1Br.Nc1ccccc1O[B]O.O=c1[nH]c2ccccc2c2sccc12. The number of pyridine rings is 1. The van der Waals surface area contributed by atoms with Gasteiger partial charge >= 0.3 is 13.7 Å². The number of carbonyl (C=O) groups excluding carboxylic acids is 1. The molecule has 1 radical (unpaired) electrons. The first-order chi connectivity index (χ1) is 16.5. The van der Waals surface area contributed by atoms with Gasteiger partial charge in [0.2, 0.25) is 0 Å². The van der Waals surface area contributed by atoms with E-state index in [1.165, 1.54) is 18.4 Å². The van der Waals surface area contributed by atoms with E-state index in [2.05, 4.69) is 30.3 Å². The Kier molecular flexibility index (Phi) is 9.28. The Morgan fingerprint density at radius 3 is 2.41 bits per heavy atom. The van der Waals surface area contributed by atoms with Crippen molar-refractivity contribution in [1.29, 1.82) is 0 Å². The Balaban J connectivity index is 0.000000147. The van der Waals surface area contributed by atoms with Gasteiger partial charge in [-0.15, -0.1) is 22.7 Å². The topological polar surface area (TPSA) is 115 Å². The minimum atomic E-state index is -0.298. The average Bonchev–Trinajstić information content (AvgIpc) is 3.51. The molecule has 34 heavy (non-hydrogen) atoms. The van der Waals surface area contributed by atoms with Gasteiger partial charge in [0.25, 0.3) is 5.56 Å². The van der Waals surface area contributed by atoms with Crippen LogP contribution >= 0.6 is 38.6 Å². The number of rotatable bonds is 3. The Morgan fingerprint density at radius 1 is 1.03 bits per heavy atom. The van der Waals surface area contributed by atoms with E-state index in [1.807, 2.05) is 41.1 Å². The standard InChI is InChI=1S/C11H7NOS.C6H7BNO2.C6H5BrO2S/c13-11-8-5-6-14-10(8)7-3-1-2-4-9(7)12-11;8-5-3-1-2-4-6(5)10-7-9;1-9-6(8)4-2-3-10-5(4)7/h1-6H,(H,12,13);1-4,9H,8H2;2-3H,1H3. The van der Waals surface area contributed by atoms with E-state index >= 15 is 0 Å². The lowest BCUT2D eigenvalue weighted by atomic mass is 10.2. The smallest absolute Gasteiger partial charge is 0.536 e. The van der Waals surface area contributed by atoms with Crippen LogP contribution in [0.15, 0.2) is 80.0 Å². The number of ether oxygens (including phenoxy) is 1. The number of nitrogens with two attached hydrogens (primary N) is 1. The minimum absolute atomic E-state index is 0.0000463. The van der Waals surface area contributed by atoms with Gasteiger partial charge in [-0.1, -0.05) is 30.3 Å². The Hall–Kier alpha value is -3.12. The molecule has 0 aliphatic carbocycles. The fraction of sp³-hybridized carbons (Fsp3) is 0.0435. The van der Waals surface area contributed by atoms with Crippen LogP contribution in [0.2, 0.25) is 0 Å². The molecule has 7 nitrogen and oxygen atoms in total. The minimum Gasteiger partial charge on any atom is -0.536 e. The van der Waals surface area contributed by atoms with E-state index in [4.69, 9.17) is 10.8 Å². The molecule has 0 aliphatic rings. The van der Waals surface area contributed by atoms with Gasteiger partial charge < -0.3 is 25.1 Å². The second kappa shape index (κ2) is 12.4. The zero-order chi connectivity index (χ0) is 24.5. The highest BCUT2D eigenvalue weighted by atomic mass is 79.9. The molecule has 0 bridgehead atoms. The molecular formula is C23H19BBrN2O5S2. The number of thiophene rings is 2. The van der Waals surface area contributed by atoms with Crippen molar-refractivity contribution in [2.75, 3.05) is 12.8 Å². The first-order valence-corrected chi connectivity index (χ1v) is 12.3. The zero-order valence-corrected chi connectivity index (χ0v) is 21.1. The summed E-state index contributed by atoms with van der Waals surface area (Å²) >= 11 is 6.30. The van der Waals surface area contributed by atoms with Gasteiger partial charge in [0.1, 0.15) is 5.75 Å². The highest BCUT2D eigenvalue weighted by molar-refractivity contribution is 9.11. The number of aromatic amines is 1. The summed E-state index contributed by atoms with van der Waals surface area (Å²) in [5.74, 6) is 0.165. The number of para-hydroxylation sites is 3.